The molecule has 2 N–H and O–H groups in total. The Labute approximate surface area is 136 Å². The molecule has 1 aromatic carbocycles. The number of rotatable bonds is 9. The highest BCUT2D eigenvalue weighted by atomic mass is 16.5. The van der Waals surface area contributed by atoms with Crippen molar-refractivity contribution in [3.63, 3.8) is 0 Å². The highest BCUT2D eigenvalue weighted by Gasteiger charge is 2.08. The predicted octanol–water partition coefficient (Wildman–Crippen LogP) is 1.86. The highest BCUT2D eigenvalue weighted by Crippen LogP contribution is 2.10. The Balaban J connectivity index is 2.35. The van der Waals surface area contributed by atoms with Crippen molar-refractivity contribution in [2.75, 3.05) is 13.2 Å². The van der Waals surface area contributed by atoms with E-state index in [1.165, 1.54) is 6.21 Å². The van der Waals surface area contributed by atoms with Gasteiger partial charge in [-0.25, -0.2) is 5.43 Å². The summed E-state index contributed by atoms with van der Waals surface area (Å²) in [7, 11) is 0. The average molecular weight is 317 g/mol. The maximum absolute atomic E-state index is 11.5. The number of nitrogens with one attached hydrogen (secondary N) is 2. The largest absolute Gasteiger partial charge is 0.490 e. The van der Waals surface area contributed by atoms with Crippen LogP contribution < -0.4 is 15.5 Å². The second-order valence-corrected chi connectivity index (χ2v) is 5.34. The molecule has 0 aliphatic carbocycles. The summed E-state index contributed by atoms with van der Waals surface area (Å²) in [6, 6.07) is 7.21. The van der Waals surface area contributed by atoms with E-state index in [1.807, 2.05) is 26.0 Å². The van der Waals surface area contributed by atoms with Crippen LogP contribution in [-0.4, -0.2) is 31.2 Å². The molecule has 6 heteroatoms. The van der Waals surface area contributed by atoms with Crippen molar-refractivity contribution in [3.05, 3.63) is 42.5 Å². The summed E-state index contributed by atoms with van der Waals surface area (Å²) < 4.78 is 5.36. The van der Waals surface area contributed by atoms with E-state index in [1.54, 1.807) is 18.2 Å². The molecule has 1 rings (SSSR count). The van der Waals surface area contributed by atoms with Crippen LogP contribution in [0.1, 0.15) is 25.8 Å². The standard InChI is InChI=1S/C17H23N3O3/c1-4-9-23-15-7-5-14(6-8-15)12-19-20-17(22)10-16(21)18-11-13(2)3/h4-8,12-13H,1,9-11H2,2-3H3,(H,18,21)(H,20,22)/b19-12-. The summed E-state index contributed by atoms with van der Waals surface area (Å²) in [5.74, 6) is 0.315. The third-order valence-electron chi connectivity index (χ3n) is 2.68. The summed E-state index contributed by atoms with van der Waals surface area (Å²) >= 11 is 0. The molecule has 0 aliphatic heterocycles. The van der Waals surface area contributed by atoms with Gasteiger partial charge in [0.2, 0.25) is 11.8 Å². The Morgan fingerprint density at radius 2 is 1.96 bits per heavy atom. The van der Waals surface area contributed by atoms with Crippen LogP contribution >= 0.6 is 0 Å². The van der Waals surface area contributed by atoms with Gasteiger partial charge in [-0.1, -0.05) is 26.5 Å². The molecule has 124 valence electrons. The van der Waals surface area contributed by atoms with E-state index < -0.39 is 5.91 Å². The second kappa shape index (κ2) is 10.2. The molecule has 0 fully saturated rings. The minimum Gasteiger partial charge on any atom is -0.490 e. The summed E-state index contributed by atoms with van der Waals surface area (Å²) in [5.41, 5.74) is 3.13. The Morgan fingerprint density at radius 3 is 2.57 bits per heavy atom. The first kappa shape index (κ1) is 18.4. The van der Waals surface area contributed by atoms with Crippen LogP contribution in [0, 0.1) is 5.92 Å². The number of carbonyl (C=O) groups excluding carboxylic acids is 2. The third-order valence-corrected chi connectivity index (χ3v) is 2.68. The topological polar surface area (TPSA) is 79.8 Å². The molecule has 0 radical (unpaired) electrons. The van der Waals surface area contributed by atoms with Gasteiger partial charge in [0.25, 0.3) is 0 Å². The monoisotopic (exact) mass is 317 g/mol. The molecular formula is C17H23N3O3. The van der Waals surface area contributed by atoms with Crippen molar-refractivity contribution >= 4 is 18.0 Å². The average Bonchev–Trinajstić information content (AvgIpc) is 2.52. The van der Waals surface area contributed by atoms with Crippen LogP contribution in [0.2, 0.25) is 0 Å². The van der Waals surface area contributed by atoms with Gasteiger partial charge >= 0.3 is 0 Å². The molecule has 0 heterocycles. The predicted molar refractivity (Wildman–Crippen MR) is 90.3 cm³/mol. The maximum Gasteiger partial charge on any atom is 0.249 e. The number of hydrogen-bond acceptors (Lipinski definition) is 4. The first-order valence-electron chi connectivity index (χ1n) is 7.43. The highest BCUT2D eigenvalue weighted by molar-refractivity contribution is 5.97. The van der Waals surface area contributed by atoms with Gasteiger partial charge in [0.1, 0.15) is 18.8 Å². The van der Waals surface area contributed by atoms with Crippen LogP contribution in [0.5, 0.6) is 5.75 Å². The van der Waals surface area contributed by atoms with E-state index in [-0.39, 0.29) is 12.3 Å². The van der Waals surface area contributed by atoms with E-state index >= 15 is 0 Å². The van der Waals surface area contributed by atoms with Gasteiger partial charge in [0.05, 0.1) is 6.21 Å². The van der Waals surface area contributed by atoms with Crippen molar-refractivity contribution in [1.82, 2.24) is 10.7 Å². The van der Waals surface area contributed by atoms with Gasteiger partial charge in [0.15, 0.2) is 0 Å². The van der Waals surface area contributed by atoms with Crippen LogP contribution in [0.3, 0.4) is 0 Å². The van der Waals surface area contributed by atoms with Crippen molar-refractivity contribution in [3.8, 4) is 5.75 Å². The van der Waals surface area contributed by atoms with Gasteiger partial charge < -0.3 is 10.1 Å². The number of benzene rings is 1. The number of nitrogens with zero attached hydrogens (tertiary/aromatic N) is 1. The second-order valence-electron chi connectivity index (χ2n) is 5.34. The minimum absolute atomic E-state index is 0.238. The first-order valence-corrected chi connectivity index (χ1v) is 7.43. The molecule has 0 unspecified atom stereocenters. The molecule has 0 saturated carbocycles. The Bertz CT molecular complexity index is 551. The molecule has 6 nitrogen and oxygen atoms in total. The maximum atomic E-state index is 11.5. The number of hydrazone groups is 1. The zero-order valence-corrected chi connectivity index (χ0v) is 13.5. The minimum atomic E-state index is -0.451. The number of carbonyl (C=O) groups is 2. The lowest BCUT2D eigenvalue weighted by molar-refractivity contribution is -0.129. The van der Waals surface area contributed by atoms with E-state index in [4.69, 9.17) is 4.74 Å². The molecular weight excluding hydrogens is 294 g/mol. The Morgan fingerprint density at radius 1 is 1.26 bits per heavy atom. The normalized spacial score (nSPS) is 10.6. The van der Waals surface area contributed by atoms with Gasteiger partial charge in [-0.05, 0) is 35.7 Å². The van der Waals surface area contributed by atoms with Gasteiger partial charge in [0, 0.05) is 6.54 Å². The molecule has 0 spiro atoms. The molecule has 23 heavy (non-hydrogen) atoms. The molecule has 2 amide bonds. The van der Waals surface area contributed by atoms with Gasteiger partial charge in [-0.2, -0.15) is 5.10 Å². The summed E-state index contributed by atoms with van der Waals surface area (Å²) in [5, 5.41) is 6.49. The number of amides is 2. The zero-order valence-electron chi connectivity index (χ0n) is 13.5. The zero-order chi connectivity index (χ0) is 17.1. The Hall–Kier alpha value is -2.63. The summed E-state index contributed by atoms with van der Waals surface area (Å²) in [4.78, 5) is 23.0. The lowest BCUT2D eigenvalue weighted by Gasteiger charge is -2.06. The van der Waals surface area contributed by atoms with Crippen molar-refractivity contribution in [2.45, 2.75) is 20.3 Å². The van der Waals surface area contributed by atoms with E-state index in [0.29, 0.717) is 19.1 Å². The molecule has 0 aromatic heterocycles. The summed E-state index contributed by atoms with van der Waals surface area (Å²) in [6.45, 7) is 8.54. The molecule has 0 bridgehead atoms. The third kappa shape index (κ3) is 8.40. The van der Waals surface area contributed by atoms with Crippen LogP contribution in [0.15, 0.2) is 42.0 Å². The fourth-order valence-electron chi connectivity index (χ4n) is 1.55. The fraction of sp³-hybridized carbons (Fsp3) is 0.353. The number of ether oxygens (including phenoxy) is 1. The Kier molecular flexibility index (Phi) is 8.13. The van der Waals surface area contributed by atoms with E-state index in [0.717, 1.165) is 11.3 Å². The van der Waals surface area contributed by atoms with Crippen LogP contribution in [0.4, 0.5) is 0 Å². The SMILES string of the molecule is C=CCOc1ccc(/C=N\NC(=O)CC(=O)NCC(C)C)cc1. The van der Waals surface area contributed by atoms with E-state index in [2.05, 4.69) is 22.4 Å². The lowest BCUT2D eigenvalue weighted by Crippen LogP contribution is -2.32. The van der Waals surface area contributed by atoms with E-state index in [9.17, 15) is 9.59 Å². The molecule has 0 saturated heterocycles. The van der Waals surface area contributed by atoms with Crippen molar-refractivity contribution in [2.24, 2.45) is 11.0 Å². The smallest absolute Gasteiger partial charge is 0.249 e. The molecule has 0 aliphatic rings. The summed E-state index contributed by atoms with van der Waals surface area (Å²) in [6.07, 6.45) is 2.93. The van der Waals surface area contributed by atoms with Crippen LogP contribution in [-0.2, 0) is 9.59 Å². The van der Waals surface area contributed by atoms with Crippen molar-refractivity contribution < 1.29 is 14.3 Å². The molecule has 1 aromatic rings. The first-order chi connectivity index (χ1) is 11.0. The van der Waals surface area contributed by atoms with Crippen molar-refractivity contribution in [1.29, 1.82) is 0 Å². The molecule has 0 atom stereocenters. The van der Waals surface area contributed by atoms with Gasteiger partial charge in [-0.15, -0.1) is 0 Å². The number of hydrogen-bond donors (Lipinski definition) is 2. The van der Waals surface area contributed by atoms with Crippen LogP contribution in [0.25, 0.3) is 0 Å². The van der Waals surface area contributed by atoms with Gasteiger partial charge in [-0.3, -0.25) is 9.59 Å². The quantitative estimate of drug-likeness (QED) is 0.316. The fourth-order valence-corrected chi connectivity index (χ4v) is 1.55. The lowest BCUT2D eigenvalue weighted by atomic mass is 10.2.